The summed E-state index contributed by atoms with van der Waals surface area (Å²) in [5.74, 6) is 0.580. The Morgan fingerprint density at radius 1 is 1.05 bits per heavy atom. The van der Waals surface area contributed by atoms with Crippen molar-refractivity contribution < 1.29 is 22.7 Å². The number of methoxy groups -OCH3 is 1. The number of halogens is 2. The third-order valence-electron chi connectivity index (χ3n) is 7.73. The maximum Gasteiger partial charge on any atom is 0.248 e. The third-order valence-corrected chi connectivity index (χ3v) is 9.89. The zero-order valence-corrected chi connectivity index (χ0v) is 26.1. The van der Waals surface area contributed by atoms with E-state index in [4.69, 9.17) is 9.47 Å². The van der Waals surface area contributed by atoms with Gasteiger partial charge in [0.25, 0.3) is 0 Å². The molecule has 12 heteroatoms. The molecule has 0 aromatic heterocycles. The highest BCUT2D eigenvalue weighted by Gasteiger charge is 2.32. The summed E-state index contributed by atoms with van der Waals surface area (Å²) >= 11 is 0. The Labute approximate surface area is 241 Å². The van der Waals surface area contributed by atoms with Gasteiger partial charge in [0.15, 0.2) is 0 Å². The van der Waals surface area contributed by atoms with Gasteiger partial charge in [0.1, 0.15) is 12.4 Å². The zero-order chi connectivity index (χ0) is 26.5. The first-order valence-electron chi connectivity index (χ1n) is 12.9. The summed E-state index contributed by atoms with van der Waals surface area (Å²) in [6.45, 7) is 8.21. The van der Waals surface area contributed by atoms with Gasteiger partial charge in [-0.2, -0.15) is 4.31 Å². The summed E-state index contributed by atoms with van der Waals surface area (Å²) in [7, 11) is 3.45. The molecule has 2 aliphatic rings. The topological polar surface area (TPSA) is 82.6 Å². The minimum Gasteiger partial charge on any atom is -0.497 e. The van der Waals surface area contributed by atoms with Crippen molar-refractivity contribution in [3.63, 3.8) is 0 Å². The van der Waals surface area contributed by atoms with Gasteiger partial charge in [0.05, 0.1) is 18.6 Å². The largest absolute Gasteiger partial charge is 0.497 e. The number of carbonyl (C=O) groups excluding carboxylic acids is 1. The number of piperazine rings is 1. The molecule has 0 spiro atoms. The maximum absolute atomic E-state index is 13.1. The van der Waals surface area contributed by atoms with E-state index >= 15 is 0 Å². The summed E-state index contributed by atoms with van der Waals surface area (Å²) in [6.07, 6.45) is 4.36. The molecule has 1 aliphatic carbocycles. The fourth-order valence-corrected chi connectivity index (χ4v) is 6.94. The van der Waals surface area contributed by atoms with Crippen molar-refractivity contribution in [1.29, 1.82) is 0 Å². The lowest BCUT2D eigenvalue weighted by Gasteiger charge is -2.43. The lowest BCUT2D eigenvalue weighted by molar-refractivity contribution is -0.138. The second-order valence-corrected chi connectivity index (χ2v) is 12.3. The van der Waals surface area contributed by atoms with Crippen LogP contribution in [0.25, 0.3) is 0 Å². The molecule has 220 valence electrons. The van der Waals surface area contributed by atoms with Crippen molar-refractivity contribution in [1.82, 2.24) is 19.0 Å². The lowest BCUT2D eigenvalue weighted by Crippen LogP contribution is -2.52. The van der Waals surface area contributed by atoms with Crippen LogP contribution in [0, 0.1) is 13.8 Å². The van der Waals surface area contributed by atoms with Crippen molar-refractivity contribution >= 4 is 40.7 Å². The van der Waals surface area contributed by atoms with Crippen LogP contribution in [0.2, 0.25) is 0 Å². The van der Waals surface area contributed by atoms with Gasteiger partial charge in [-0.25, -0.2) is 8.42 Å². The summed E-state index contributed by atoms with van der Waals surface area (Å²) < 4.78 is 38.4. The van der Waals surface area contributed by atoms with E-state index in [9.17, 15) is 13.2 Å². The molecule has 0 unspecified atom stereocenters. The molecule has 1 saturated carbocycles. The average molecular weight is 598 g/mol. The Kier molecular flexibility index (Phi) is 14.3. The van der Waals surface area contributed by atoms with Crippen molar-refractivity contribution in [3.05, 3.63) is 23.3 Å². The summed E-state index contributed by atoms with van der Waals surface area (Å²) in [5.41, 5.74) is 1.28. The molecule has 0 N–H and O–H groups in total. The van der Waals surface area contributed by atoms with Crippen LogP contribution in [0.5, 0.6) is 5.75 Å². The molecule has 1 heterocycles. The van der Waals surface area contributed by atoms with Crippen molar-refractivity contribution in [2.45, 2.75) is 56.5 Å². The molecule has 2 fully saturated rings. The molecule has 1 amide bonds. The molecule has 1 saturated heterocycles. The van der Waals surface area contributed by atoms with Gasteiger partial charge >= 0.3 is 0 Å². The van der Waals surface area contributed by atoms with E-state index in [2.05, 4.69) is 16.8 Å². The van der Waals surface area contributed by atoms with E-state index in [-0.39, 0.29) is 61.4 Å². The molecule has 0 radical (unpaired) electrons. The quantitative estimate of drug-likeness (QED) is 0.384. The molecule has 0 bridgehead atoms. The molecule has 1 aromatic carbocycles. The second-order valence-electron chi connectivity index (χ2n) is 10.3. The molecular weight excluding hydrogens is 551 g/mol. The van der Waals surface area contributed by atoms with Gasteiger partial charge in [-0.3, -0.25) is 9.69 Å². The van der Waals surface area contributed by atoms with E-state index in [1.807, 2.05) is 11.9 Å². The first-order valence-corrected chi connectivity index (χ1v) is 14.4. The normalized spacial score (nSPS) is 20.9. The average Bonchev–Trinajstić information content (AvgIpc) is 2.85. The third kappa shape index (κ3) is 8.68. The van der Waals surface area contributed by atoms with E-state index in [0.29, 0.717) is 22.9 Å². The number of rotatable bonds is 10. The Balaban J connectivity index is 0.00000361. The Morgan fingerprint density at radius 2 is 1.66 bits per heavy atom. The predicted octanol–water partition coefficient (Wildman–Crippen LogP) is 2.81. The molecular formula is C26H46Cl2N4O5S. The van der Waals surface area contributed by atoms with Gasteiger partial charge in [-0.05, 0) is 69.8 Å². The van der Waals surface area contributed by atoms with Crippen molar-refractivity contribution in [3.8, 4) is 5.75 Å². The first kappa shape index (κ1) is 34.9. The van der Waals surface area contributed by atoms with Crippen LogP contribution in [0.1, 0.15) is 36.8 Å². The van der Waals surface area contributed by atoms with Crippen LogP contribution in [0.15, 0.2) is 17.0 Å². The van der Waals surface area contributed by atoms with Crippen LogP contribution in [0.4, 0.5) is 0 Å². The summed E-state index contributed by atoms with van der Waals surface area (Å²) in [6, 6.07) is 4.21. The monoisotopic (exact) mass is 596 g/mol. The van der Waals surface area contributed by atoms with Crippen molar-refractivity contribution in [2.75, 3.05) is 74.2 Å². The number of aryl methyl sites for hydroxylation is 2. The maximum atomic E-state index is 13.1. The van der Waals surface area contributed by atoms with E-state index in [0.717, 1.165) is 45.4 Å². The minimum absolute atomic E-state index is 0. The Hall–Kier alpha value is -1.14. The lowest BCUT2D eigenvalue weighted by atomic mass is 9.88. The fraction of sp³-hybridized carbons (Fsp3) is 0.731. The number of benzene rings is 1. The summed E-state index contributed by atoms with van der Waals surface area (Å²) in [5, 5.41) is 0. The number of hydrogen-bond donors (Lipinski definition) is 0. The number of carbonyl (C=O) groups is 1. The SMILES string of the molecule is COc1cc(C)c(S(=O)(=O)N(C)CCOCC(=O)N(C)[C@@H]2CCC[C@H](N3CCN(C)CC3)C2)c(C)c1.Cl.Cl. The standard InChI is InChI=1S/C26H44N4O5S.2ClH/c1-20-16-24(34-6)17-21(2)26(20)36(32,33)28(4)14-15-35-19-25(31)29(5)22-8-7-9-23(18-22)30-12-10-27(3)11-13-30;;/h16-17,22-23H,7-15,18-19H2,1-6H3;2*1H/t22-,23+;;/m1../s1. The highest BCUT2D eigenvalue weighted by molar-refractivity contribution is 7.89. The zero-order valence-electron chi connectivity index (χ0n) is 23.6. The number of likely N-dealkylation sites (N-methyl/N-ethyl adjacent to an activating group) is 3. The Bertz CT molecular complexity index is 982. The van der Waals surface area contributed by atoms with Crippen LogP contribution < -0.4 is 4.74 Å². The van der Waals surface area contributed by atoms with Gasteiger partial charge in [-0.1, -0.05) is 0 Å². The first-order chi connectivity index (χ1) is 17.0. The van der Waals surface area contributed by atoms with E-state index in [1.54, 1.807) is 33.1 Å². The van der Waals surface area contributed by atoms with Crippen LogP contribution in [0.3, 0.4) is 0 Å². The van der Waals surface area contributed by atoms with Gasteiger partial charge in [0.2, 0.25) is 15.9 Å². The van der Waals surface area contributed by atoms with Gasteiger partial charge < -0.3 is 19.3 Å². The van der Waals surface area contributed by atoms with Crippen molar-refractivity contribution in [2.24, 2.45) is 0 Å². The molecule has 38 heavy (non-hydrogen) atoms. The van der Waals surface area contributed by atoms with E-state index in [1.165, 1.54) is 17.8 Å². The molecule has 1 aliphatic heterocycles. The predicted molar refractivity (Wildman–Crippen MR) is 155 cm³/mol. The second kappa shape index (κ2) is 15.6. The number of amides is 1. The number of hydrogen-bond acceptors (Lipinski definition) is 7. The minimum atomic E-state index is -3.69. The van der Waals surface area contributed by atoms with Crippen LogP contribution in [-0.4, -0.2) is 120 Å². The molecule has 2 atom stereocenters. The summed E-state index contributed by atoms with van der Waals surface area (Å²) in [4.78, 5) is 19.9. The number of sulfonamides is 1. The fourth-order valence-electron chi connectivity index (χ4n) is 5.38. The van der Waals surface area contributed by atoms with Crippen LogP contribution in [-0.2, 0) is 19.6 Å². The highest BCUT2D eigenvalue weighted by Crippen LogP contribution is 2.28. The Morgan fingerprint density at radius 3 is 2.24 bits per heavy atom. The smallest absolute Gasteiger partial charge is 0.248 e. The molecule has 1 aromatic rings. The molecule has 3 rings (SSSR count). The number of ether oxygens (including phenoxy) is 2. The van der Waals surface area contributed by atoms with Crippen LogP contribution >= 0.6 is 24.8 Å². The van der Waals surface area contributed by atoms with Gasteiger partial charge in [0, 0.05) is 58.9 Å². The van der Waals surface area contributed by atoms with E-state index < -0.39 is 10.0 Å². The van der Waals surface area contributed by atoms with Gasteiger partial charge in [-0.15, -0.1) is 24.8 Å². The highest BCUT2D eigenvalue weighted by atomic mass is 35.5. The molecule has 9 nitrogen and oxygen atoms in total. The number of nitrogens with zero attached hydrogens (tertiary/aromatic N) is 4.